The Morgan fingerprint density at radius 3 is 2.57 bits per heavy atom. The molecular formula is C15H13BrF3NO. The predicted molar refractivity (Wildman–Crippen MR) is 79.3 cm³/mol. The summed E-state index contributed by atoms with van der Waals surface area (Å²) in [5.41, 5.74) is 0.948. The predicted octanol–water partition coefficient (Wildman–Crippen LogP) is 5.09. The lowest BCUT2D eigenvalue weighted by molar-refractivity contribution is -0.137. The molecule has 0 unspecified atom stereocenters. The largest absolute Gasteiger partial charge is 0.507 e. The fourth-order valence-electron chi connectivity index (χ4n) is 1.89. The fourth-order valence-corrected chi connectivity index (χ4v) is 2.28. The van der Waals surface area contributed by atoms with Crippen molar-refractivity contribution >= 4 is 21.6 Å². The van der Waals surface area contributed by atoms with Gasteiger partial charge in [0.15, 0.2) is 0 Å². The Morgan fingerprint density at radius 1 is 1.19 bits per heavy atom. The molecule has 2 nitrogen and oxygen atoms in total. The molecule has 0 aliphatic heterocycles. The van der Waals surface area contributed by atoms with E-state index in [9.17, 15) is 18.3 Å². The van der Waals surface area contributed by atoms with Gasteiger partial charge in [0.2, 0.25) is 0 Å². The molecule has 112 valence electrons. The van der Waals surface area contributed by atoms with E-state index in [1.807, 2.05) is 0 Å². The number of para-hydroxylation sites is 1. The van der Waals surface area contributed by atoms with E-state index in [2.05, 4.69) is 21.2 Å². The van der Waals surface area contributed by atoms with E-state index in [1.54, 1.807) is 25.1 Å². The zero-order chi connectivity index (χ0) is 15.6. The molecule has 0 amide bonds. The van der Waals surface area contributed by atoms with Crippen molar-refractivity contribution in [2.24, 2.45) is 0 Å². The highest BCUT2D eigenvalue weighted by molar-refractivity contribution is 9.10. The first-order chi connectivity index (χ1) is 9.79. The van der Waals surface area contributed by atoms with Gasteiger partial charge in [0.1, 0.15) is 5.75 Å². The highest BCUT2D eigenvalue weighted by Crippen LogP contribution is 2.34. The van der Waals surface area contributed by atoms with Crippen molar-refractivity contribution in [2.45, 2.75) is 19.6 Å². The van der Waals surface area contributed by atoms with Gasteiger partial charge in [-0.1, -0.05) is 18.2 Å². The molecule has 0 saturated carbocycles. The average Bonchev–Trinajstić information content (AvgIpc) is 2.40. The maximum atomic E-state index is 12.7. The number of benzene rings is 2. The Labute approximate surface area is 128 Å². The van der Waals surface area contributed by atoms with E-state index in [0.717, 1.165) is 17.7 Å². The lowest BCUT2D eigenvalue weighted by atomic mass is 10.1. The molecule has 21 heavy (non-hydrogen) atoms. The number of rotatable bonds is 3. The molecule has 0 radical (unpaired) electrons. The van der Waals surface area contributed by atoms with Gasteiger partial charge in [0.05, 0.1) is 5.56 Å². The first-order valence-electron chi connectivity index (χ1n) is 6.17. The van der Waals surface area contributed by atoms with E-state index in [4.69, 9.17) is 0 Å². The molecule has 0 bridgehead atoms. The molecule has 2 aromatic carbocycles. The Bertz CT molecular complexity index is 656. The molecule has 0 aliphatic carbocycles. The summed E-state index contributed by atoms with van der Waals surface area (Å²) in [6.07, 6.45) is -4.39. The van der Waals surface area contributed by atoms with Crippen LogP contribution in [-0.2, 0) is 12.7 Å². The third-order valence-corrected chi connectivity index (χ3v) is 3.78. The normalized spacial score (nSPS) is 11.5. The molecule has 2 N–H and O–H groups in total. The highest BCUT2D eigenvalue weighted by atomic mass is 79.9. The van der Waals surface area contributed by atoms with Gasteiger partial charge < -0.3 is 10.4 Å². The number of aromatic hydroxyl groups is 1. The van der Waals surface area contributed by atoms with Crippen LogP contribution in [0, 0.1) is 6.92 Å². The third kappa shape index (κ3) is 3.69. The smallest absolute Gasteiger partial charge is 0.416 e. The van der Waals surface area contributed by atoms with Crippen molar-refractivity contribution < 1.29 is 18.3 Å². The summed E-state index contributed by atoms with van der Waals surface area (Å²) in [6.45, 7) is 1.99. The van der Waals surface area contributed by atoms with Crippen LogP contribution >= 0.6 is 15.9 Å². The van der Waals surface area contributed by atoms with Crippen molar-refractivity contribution in [1.29, 1.82) is 0 Å². The molecule has 0 aromatic heterocycles. The molecule has 0 saturated heterocycles. The van der Waals surface area contributed by atoms with Crippen molar-refractivity contribution in [1.82, 2.24) is 0 Å². The number of anilines is 1. The second-order valence-corrected chi connectivity index (χ2v) is 5.48. The molecule has 6 heteroatoms. The van der Waals surface area contributed by atoms with E-state index >= 15 is 0 Å². The van der Waals surface area contributed by atoms with Crippen molar-refractivity contribution in [3.8, 4) is 5.75 Å². The molecular weight excluding hydrogens is 347 g/mol. The van der Waals surface area contributed by atoms with E-state index in [1.165, 1.54) is 6.07 Å². The minimum Gasteiger partial charge on any atom is -0.507 e. The number of phenols is 1. The number of hydrogen-bond acceptors (Lipinski definition) is 2. The van der Waals surface area contributed by atoms with Crippen LogP contribution < -0.4 is 5.32 Å². The third-order valence-electron chi connectivity index (χ3n) is 3.08. The zero-order valence-corrected chi connectivity index (χ0v) is 12.7. The monoisotopic (exact) mass is 359 g/mol. The van der Waals surface area contributed by atoms with Gasteiger partial charge in [0, 0.05) is 22.3 Å². The summed E-state index contributed by atoms with van der Waals surface area (Å²) in [6, 6.07) is 8.67. The summed E-state index contributed by atoms with van der Waals surface area (Å²) in [5.74, 6) is 0.146. The van der Waals surface area contributed by atoms with E-state index < -0.39 is 11.7 Å². The molecule has 0 fully saturated rings. The quantitative estimate of drug-likeness (QED) is 0.799. The first-order valence-corrected chi connectivity index (χ1v) is 6.96. The summed E-state index contributed by atoms with van der Waals surface area (Å²) >= 11 is 3.21. The number of alkyl halides is 3. The second kappa shape index (κ2) is 5.97. The SMILES string of the molecule is Cc1cccc(CNc2cc(C(F)(F)F)ccc2Br)c1O. The molecule has 0 aliphatic rings. The number of hydrogen-bond donors (Lipinski definition) is 2. The zero-order valence-electron chi connectivity index (χ0n) is 11.1. The summed E-state index contributed by atoms with van der Waals surface area (Å²) in [5, 5.41) is 12.8. The van der Waals surface area contributed by atoms with Crippen LogP contribution in [0.2, 0.25) is 0 Å². The van der Waals surface area contributed by atoms with E-state index in [-0.39, 0.29) is 12.3 Å². The van der Waals surface area contributed by atoms with Crippen LogP contribution in [0.4, 0.5) is 18.9 Å². The van der Waals surface area contributed by atoms with Gasteiger partial charge in [0.25, 0.3) is 0 Å². The van der Waals surface area contributed by atoms with Gasteiger partial charge in [-0.05, 0) is 46.6 Å². The molecule has 2 aromatic rings. The van der Waals surface area contributed by atoms with Crippen molar-refractivity contribution in [3.05, 3.63) is 57.6 Å². The lowest BCUT2D eigenvalue weighted by Crippen LogP contribution is -2.07. The van der Waals surface area contributed by atoms with Crippen LogP contribution in [0.25, 0.3) is 0 Å². The van der Waals surface area contributed by atoms with Gasteiger partial charge >= 0.3 is 6.18 Å². The second-order valence-electron chi connectivity index (χ2n) is 4.63. The van der Waals surface area contributed by atoms with E-state index in [0.29, 0.717) is 15.7 Å². The van der Waals surface area contributed by atoms with Crippen LogP contribution in [0.15, 0.2) is 40.9 Å². The van der Waals surface area contributed by atoms with Gasteiger partial charge in [-0.2, -0.15) is 13.2 Å². The Morgan fingerprint density at radius 2 is 1.90 bits per heavy atom. The maximum absolute atomic E-state index is 12.7. The minimum absolute atomic E-state index is 0.146. The highest BCUT2D eigenvalue weighted by Gasteiger charge is 2.30. The maximum Gasteiger partial charge on any atom is 0.416 e. The van der Waals surface area contributed by atoms with Gasteiger partial charge in [-0.3, -0.25) is 0 Å². The lowest BCUT2D eigenvalue weighted by Gasteiger charge is -2.13. The number of nitrogens with one attached hydrogen (secondary N) is 1. The molecule has 0 heterocycles. The van der Waals surface area contributed by atoms with Gasteiger partial charge in [-0.15, -0.1) is 0 Å². The van der Waals surface area contributed by atoms with Crippen LogP contribution in [0.1, 0.15) is 16.7 Å². The number of aryl methyl sites for hydroxylation is 1. The number of halogens is 4. The van der Waals surface area contributed by atoms with Crippen LogP contribution in [0.5, 0.6) is 5.75 Å². The van der Waals surface area contributed by atoms with Crippen LogP contribution in [-0.4, -0.2) is 5.11 Å². The fraction of sp³-hybridized carbons (Fsp3) is 0.200. The average molecular weight is 360 g/mol. The topological polar surface area (TPSA) is 32.3 Å². The molecule has 0 spiro atoms. The Balaban J connectivity index is 2.22. The summed E-state index contributed by atoms with van der Waals surface area (Å²) in [4.78, 5) is 0. The minimum atomic E-state index is -4.39. The van der Waals surface area contributed by atoms with Gasteiger partial charge in [-0.25, -0.2) is 0 Å². The number of phenolic OH excluding ortho intramolecular Hbond substituents is 1. The summed E-state index contributed by atoms with van der Waals surface area (Å²) in [7, 11) is 0. The first kappa shape index (κ1) is 15.7. The Kier molecular flexibility index (Phi) is 4.46. The molecule has 0 atom stereocenters. The summed E-state index contributed by atoms with van der Waals surface area (Å²) < 4.78 is 38.6. The van der Waals surface area contributed by atoms with Crippen molar-refractivity contribution in [3.63, 3.8) is 0 Å². The standard InChI is InChI=1S/C15H13BrF3NO/c1-9-3-2-4-10(14(9)21)8-20-13-7-11(15(17,18)19)5-6-12(13)16/h2-7,20-21H,8H2,1H3. The van der Waals surface area contributed by atoms with Crippen LogP contribution in [0.3, 0.4) is 0 Å². The van der Waals surface area contributed by atoms with Crippen molar-refractivity contribution in [2.75, 3.05) is 5.32 Å². The Hall–Kier alpha value is -1.69. The molecule has 2 rings (SSSR count).